The van der Waals surface area contributed by atoms with Crippen molar-refractivity contribution in [3.63, 3.8) is 0 Å². The number of hydrogen-bond donors (Lipinski definition) is 3. The van der Waals surface area contributed by atoms with E-state index in [1.807, 2.05) is 19.9 Å². The molecule has 4 heteroatoms. The van der Waals surface area contributed by atoms with Gasteiger partial charge in [-0.05, 0) is 31.5 Å². The van der Waals surface area contributed by atoms with Crippen molar-refractivity contribution >= 4 is 0 Å². The highest BCUT2D eigenvalue weighted by Gasteiger charge is 2.35. The van der Waals surface area contributed by atoms with Gasteiger partial charge in [0, 0.05) is 24.1 Å². The summed E-state index contributed by atoms with van der Waals surface area (Å²) in [5.74, 6) is 0.611. The molecule has 1 aromatic carbocycles. The minimum atomic E-state index is -0.235. The number of hydrogen-bond acceptors (Lipinski definition) is 4. The van der Waals surface area contributed by atoms with Gasteiger partial charge in [-0.1, -0.05) is 19.9 Å². The summed E-state index contributed by atoms with van der Waals surface area (Å²) < 4.78 is 5.01. The number of methoxy groups -OCH3 is 1. The molecular weight excluding hydrogens is 242 g/mol. The van der Waals surface area contributed by atoms with Crippen LogP contribution in [0.1, 0.15) is 33.3 Å². The first kappa shape index (κ1) is 15.8. The van der Waals surface area contributed by atoms with E-state index < -0.39 is 0 Å². The Morgan fingerprint density at radius 1 is 1.21 bits per heavy atom. The second kappa shape index (κ2) is 5.80. The van der Waals surface area contributed by atoms with Crippen molar-refractivity contribution in [2.75, 3.05) is 13.7 Å². The van der Waals surface area contributed by atoms with E-state index in [4.69, 9.17) is 4.74 Å². The molecule has 108 valence electrons. The quantitative estimate of drug-likeness (QED) is 0.740. The third kappa shape index (κ3) is 3.61. The molecule has 3 N–H and O–H groups in total. The molecule has 0 aliphatic rings. The normalized spacial score (nSPS) is 12.5. The molecule has 0 saturated heterocycles. The summed E-state index contributed by atoms with van der Waals surface area (Å²) >= 11 is 0. The van der Waals surface area contributed by atoms with Gasteiger partial charge < -0.3 is 20.3 Å². The van der Waals surface area contributed by atoms with Crippen molar-refractivity contribution in [1.82, 2.24) is 5.32 Å². The minimum absolute atomic E-state index is 0.112. The van der Waals surface area contributed by atoms with Gasteiger partial charge in [-0.25, -0.2) is 0 Å². The van der Waals surface area contributed by atoms with Gasteiger partial charge in [0.25, 0.3) is 0 Å². The zero-order valence-corrected chi connectivity index (χ0v) is 12.4. The molecule has 0 saturated carbocycles. The highest BCUT2D eigenvalue weighted by molar-refractivity contribution is 5.41. The summed E-state index contributed by atoms with van der Waals surface area (Å²) in [6.45, 7) is 8.89. The topological polar surface area (TPSA) is 61.7 Å². The maximum absolute atomic E-state index is 9.73. The Morgan fingerprint density at radius 3 is 2.32 bits per heavy atom. The predicted molar refractivity (Wildman–Crippen MR) is 76.4 cm³/mol. The third-order valence-corrected chi connectivity index (χ3v) is 4.06. The molecule has 1 aromatic rings. The smallest absolute Gasteiger partial charge is 0.160 e. The average Bonchev–Trinajstić information content (AvgIpc) is 2.36. The zero-order valence-electron chi connectivity index (χ0n) is 12.4. The van der Waals surface area contributed by atoms with E-state index in [2.05, 4.69) is 19.2 Å². The fraction of sp³-hybridized carbons (Fsp3) is 0.600. The second-order valence-corrected chi connectivity index (χ2v) is 6.03. The maximum atomic E-state index is 9.73. The molecule has 0 atom stereocenters. The number of aromatic hydroxyl groups is 1. The van der Waals surface area contributed by atoms with Crippen LogP contribution in [0.3, 0.4) is 0 Å². The highest BCUT2D eigenvalue weighted by Crippen LogP contribution is 2.31. The number of benzene rings is 1. The summed E-state index contributed by atoms with van der Waals surface area (Å²) in [5, 5.41) is 22.6. The molecule has 0 spiro atoms. The van der Waals surface area contributed by atoms with Gasteiger partial charge in [0.05, 0.1) is 7.11 Å². The molecule has 0 aliphatic heterocycles. The van der Waals surface area contributed by atoms with Crippen LogP contribution in [0.5, 0.6) is 11.5 Å². The van der Waals surface area contributed by atoms with E-state index in [9.17, 15) is 10.2 Å². The number of aliphatic hydroxyl groups is 1. The predicted octanol–water partition coefficient (Wildman–Crippen LogP) is 2.29. The highest BCUT2D eigenvalue weighted by atomic mass is 16.5. The van der Waals surface area contributed by atoms with E-state index in [-0.39, 0.29) is 23.3 Å². The Bertz CT molecular complexity index is 427. The van der Waals surface area contributed by atoms with Gasteiger partial charge in [-0.2, -0.15) is 0 Å². The van der Waals surface area contributed by atoms with Gasteiger partial charge >= 0.3 is 0 Å². The van der Waals surface area contributed by atoms with E-state index in [0.29, 0.717) is 12.3 Å². The van der Waals surface area contributed by atoms with E-state index in [1.165, 1.54) is 7.11 Å². The lowest BCUT2D eigenvalue weighted by Gasteiger charge is -2.41. The van der Waals surface area contributed by atoms with Gasteiger partial charge in [-0.3, -0.25) is 0 Å². The lowest BCUT2D eigenvalue weighted by molar-refractivity contribution is 0.0677. The van der Waals surface area contributed by atoms with Gasteiger partial charge in [0.2, 0.25) is 0 Å². The van der Waals surface area contributed by atoms with E-state index in [0.717, 1.165) is 5.56 Å². The van der Waals surface area contributed by atoms with Gasteiger partial charge in [-0.15, -0.1) is 0 Å². The van der Waals surface area contributed by atoms with Crippen LogP contribution in [0.25, 0.3) is 0 Å². The fourth-order valence-corrected chi connectivity index (χ4v) is 1.61. The zero-order chi connectivity index (χ0) is 14.7. The van der Waals surface area contributed by atoms with Crippen LogP contribution in [-0.4, -0.2) is 29.5 Å². The van der Waals surface area contributed by atoms with Crippen LogP contribution in [0, 0.1) is 5.41 Å². The number of nitrogens with one attached hydrogen (secondary N) is 1. The molecule has 0 radical (unpaired) electrons. The van der Waals surface area contributed by atoms with Crippen molar-refractivity contribution in [3.05, 3.63) is 23.8 Å². The van der Waals surface area contributed by atoms with Crippen molar-refractivity contribution in [3.8, 4) is 11.5 Å². The maximum Gasteiger partial charge on any atom is 0.160 e. The largest absolute Gasteiger partial charge is 0.504 e. The van der Waals surface area contributed by atoms with Crippen LogP contribution in [0.4, 0.5) is 0 Å². The summed E-state index contributed by atoms with van der Waals surface area (Å²) in [5.41, 5.74) is 0.513. The molecule has 0 bridgehead atoms. The lowest BCUT2D eigenvalue weighted by Crippen LogP contribution is -2.52. The summed E-state index contributed by atoms with van der Waals surface area (Å²) in [6.07, 6.45) is 0. The fourth-order valence-electron chi connectivity index (χ4n) is 1.61. The Labute approximate surface area is 115 Å². The molecule has 1 rings (SSSR count). The summed E-state index contributed by atoms with van der Waals surface area (Å²) in [6, 6.07) is 5.35. The lowest BCUT2D eigenvalue weighted by atomic mass is 9.75. The van der Waals surface area contributed by atoms with Crippen molar-refractivity contribution in [2.45, 2.75) is 39.8 Å². The molecule has 0 aliphatic carbocycles. The van der Waals surface area contributed by atoms with Gasteiger partial charge in [0.1, 0.15) is 0 Å². The Morgan fingerprint density at radius 2 is 1.84 bits per heavy atom. The first-order chi connectivity index (χ1) is 8.73. The van der Waals surface area contributed by atoms with E-state index in [1.54, 1.807) is 12.1 Å². The Kier molecular flexibility index (Phi) is 4.82. The monoisotopic (exact) mass is 267 g/mol. The molecule has 4 nitrogen and oxygen atoms in total. The molecule has 0 amide bonds. The van der Waals surface area contributed by atoms with Crippen LogP contribution in [0.2, 0.25) is 0 Å². The molecule has 19 heavy (non-hydrogen) atoms. The van der Waals surface area contributed by atoms with Crippen molar-refractivity contribution in [1.29, 1.82) is 0 Å². The van der Waals surface area contributed by atoms with Crippen LogP contribution >= 0.6 is 0 Å². The molecule has 0 aromatic heterocycles. The first-order valence-corrected chi connectivity index (χ1v) is 6.45. The number of phenols is 1. The van der Waals surface area contributed by atoms with Crippen LogP contribution in [-0.2, 0) is 6.54 Å². The second-order valence-electron chi connectivity index (χ2n) is 6.03. The Hall–Kier alpha value is -1.26. The number of aliphatic hydroxyl groups excluding tert-OH is 1. The average molecular weight is 267 g/mol. The number of ether oxygens (including phenoxy) is 1. The van der Waals surface area contributed by atoms with Gasteiger partial charge in [0.15, 0.2) is 11.5 Å². The number of rotatable bonds is 6. The molecular formula is C15H25NO3. The molecule has 0 fully saturated rings. The number of phenolic OH excluding ortho intramolecular Hbond substituents is 1. The molecule has 0 unspecified atom stereocenters. The standard InChI is InChI=1S/C15H25NO3/c1-14(2,10-17)15(3,4)16-9-11-6-7-13(19-5)12(18)8-11/h6-8,16-18H,9-10H2,1-5H3. The SMILES string of the molecule is COc1ccc(CNC(C)(C)C(C)(C)CO)cc1O. The Balaban J connectivity index is 2.74. The van der Waals surface area contributed by atoms with Crippen LogP contribution in [0.15, 0.2) is 18.2 Å². The third-order valence-electron chi connectivity index (χ3n) is 4.06. The van der Waals surface area contributed by atoms with Crippen molar-refractivity contribution < 1.29 is 14.9 Å². The summed E-state index contributed by atoms with van der Waals surface area (Å²) in [4.78, 5) is 0. The van der Waals surface area contributed by atoms with Crippen LogP contribution < -0.4 is 10.1 Å². The first-order valence-electron chi connectivity index (χ1n) is 6.45. The minimum Gasteiger partial charge on any atom is -0.504 e. The van der Waals surface area contributed by atoms with Crippen molar-refractivity contribution in [2.24, 2.45) is 5.41 Å². The summed E-state index contributed by atoms with van der Waals surface area (Å²) in [7, 11) is 1.53. The molecule has 0 heterocycles. The van der Waals surface area contributed by atoms with E-state index >= 15 is 0 Å².